The van der Waals surface area contributed by atoms with Crippen molar-refractivity contribution in [3.8, 4) is 0 Å². The smallest absolute Gasteiger partial charge is 0.0759 e. The Labute approximate surface area is 91.6 Å². The highest BCUT2D eigenvalue weighted by molar-refractivity contribution is 7.80. The summed E-state index contributed by atoms with van der Waals surface area (Å²) in [6, 6.07) is 0. The summed E-state index contributed by atoms with van der Waals surface area (Å²) >= 11 is 5.00. The minimum Gasteiger partial charge on any atom is -0.393 e. The summed E-state index contributed by atoms with van der Waals surface area (Å²) in [7, 11) is 1.75. The van der Waals surface area contributed by atoms with E-state index in [2.05, 4.69) is 4.90 Å². The van der Waals surface area contributed by atoms with Gasteiger partial charge in [-0.1, -0.05) is 12.2 Å². The van der Waals surface area contributed by atoms with Crippen molar-refractivity contribution in [2.24, 2.45) is 11.7 Å². The molecular formula is C10H20N2OS. The van der Waals surface area contributed by atoms with Crippen molar-refractivity contribution in [1.82, 2.24) is 4.90 Å². The topological polar surface area (TPSA) is 38.5 Å². The number of ether oxygens (including phenoxy) is 1. The third-order valence-electron chi connectivity index (χ3n) is 2.81. The van der Waals surface area contributed by atoms with Crippen LogP contribution in [0.25, 0.3) is 0 Å². The molecule has 0 aromatic carbocycles. The molecule has 1 heterocycles. The predicted octanol–water partition coefficient (Wildman–Crippen LogP) is 1.02. The van der Waals surface area contributed by atoms with Gasteiger partial charge in [-0.25, -0.2) is 0 Å². The molecule has 1 fully saturated rings. The van der Waals surface area contributed by atoms with Crippen molar-refractivity contribution in [1.29, 1.82) is 0 Å². The maximum Gasteiger partial charge on any atom is 0.0759 e. The van der Waals surface area contributed by atoms with Crippen LogP contribution in [0.15, 0.2) is 0 Å². The Hall–Kier alpha value is -0.190. The zero-order valence-electron chi connectivity index (χ0n) is 8.87. The molecule has 0 radical (unpaired) electrons. The average molecular weight is 216 g/mol. The van der Waals surface area contributed by atoms with E-state index >= 15 is 0 Å². The molecule has 2 N–H and O–H groups in total. The number of thiocarbonyl (C=S) groups is 1. The molecular weight excluding hydrogens is 196 g/mol. The van der Waals surface area contributed by atoms with Crippen LogP contribution in [0.5, 0.6) is 0 Å². The quantitative estimate of drug-likeness (QED) is 0.550. The van der Waals surface area contributed by atoms with Gasteiger partial charge in [-0.3, -0.25) is 0 Å². The molecule has 14 heavy (non-hydrogen) atoms. The molecule has 0 aromatic heterocycles. The number of nitrogens with two attached hydrogens (primary N) is 1. The molecule has 0 bridgehead atoms. The van der Waals surface area contributed by atoms with Crippen LogP contribution in [0.3, 0.4) is 0 Å². The van der Waals surface area contributed by atoms with E-state index in [0.717, 1.165) is 45.5 Å². The van der Waals surface area contributed by atoms with Crippen molar-refractivity contribution < 1.29 is 4.74 Å². The van der Waals surface area contributed by atoms with Crippen molar-refractivity contribution in [3.05, 3.63) is 0 Å². The fourth-order valence-electron chi connectivity index (χ4n) is 1.87. The van der Waals surface area contributed by atoms with Gasteiger partial charge in [0.15, 0.2) is 0 Å². The van der Waals surface area contributed by atoms with E-state index in [-0.39, 0.29) is 0 Å². The third-order valence-corrected chi connectivity index (χ3v) is 3.15. The van der Waals surface area contributed by atoms with Gasteiger partial charge < -0.3 is 15.4 Å². The first-order chi connectivity index (χ1) is 6.74. The largest absolute Gasteiger partial charge is 0.393 e. The Kier molecular flexibility index (Phi) is 5.37. The fourth-order valence-corrected chi connectivity index (χ4v) is 2.11. The van der Waals surface area contributed by atoms with Gasteiger partial charge in [-0.2, -0.15) is 0 Å². The number of rotatable bonds is 5. The van der Waals surface area contributed by atoms with Gasteiger partial charge in [0, 0.05) is 26.2 Å². The van der Waals surface area contributed by atoms with Crippen LogP contribution in [0.1, 0.15) is 19.3 Å². The van der Waals surface area contributed by atoms with Gasteiger partial charge in [0.05, 0.1) is 4.99 Å². The summed E-state index contributed by atoms with van der Waals surface area (Å²) in [5.74, 6) is 0.476. The van der Waals surface area contributed by atoms with E-state index in [0.29, 0.717) is 10.9 Å². The molecule has 1 aliphatic rings. The monoisotopic (exact) mass is 216 g/mol. The Morgan fingerprint density at radius 1 is 1.50 bits per heavy atom. The molecule has 0 aromatic rings. The number of likely N-dealkylation sites (tertiary alicyclic amines) is 1. The summed E-state index contributed by atoms with van der Waals surface area (Å²) < 4.78 is 5.02. The second-order valence-electron chi connectivity index (χ2n) is 3.86. The first-order valence-electron chi connectivity index (χ1n) is 5.24. The van der Waals surface area contributed by atoms with Crippen molar-refractivity contribution >= 4 is 17.2 Å². The highest BCUT2D eigenvalue weighted by atomic mass is 32.1. The van der Waals surface area contributed by atoms with E-state index < -0.39 is 0 Å². The van der Waals surface area contributed by atoms with Crippen molar-refractivity contribution in [2.45, 2.75) is 19.3 Å². The number of piperidine rings is 1. The van der Waals surface area contributed by atoms with Crippen molar-refractivity contribution in [3.63, 3.8) is 0 Å². The number of hydrogen-bond acceptors (Lipinski definition) is 3. The van der Waals surface area contributed by atoms with Crippen LogP contribution in [0, 0.1) is 5.92 Å². The summed E-state index contributed by atoms with van der Waals surface area (Å²) in [5.41, 5.74) is 5.63. The third kappa shape index (κ3) is 3.90. The van der Waals surface area contributed by atoms with Crippen LogP contribution < -0.4 is 5.73 Å². The molecule has 1 aliphatic heterocycles. The van der Waals surface area contributed by atoms with Crippen LogP contribution >= 0.6 is 12.2 Å². The highest BCUT2D eigenvalue weighted by Gasteiger charge is 2.20. The van der Waals surface area contributed by atoms with Crippen molar-refractivity contribution in [2.75, 3.05) is 33.4 Å². The summed E-state index contributed by atoms with van der Waals surface area (Å²) in [4.78, 5) is 3.16. The Bertz CT molecular complexity index is 179. The number of nitrogens with zero attached hydrogens (tertiary/aromatic N) is 1. The summed E-state index contributed by atoms with van der Waals surface area (Å²) in [6.45, 7) is 4.25. The lowest BCUT2D eigenvalue weighted by molar-refractivity contribution is 0.156. The summed E-state index contributed by atoms with van der Waals surface area (Å²) in [5, 5.41) is 0. The predicted molar refractivity (Wildman–Crippen MR) is 62.4 cm³/mol. The van der Waals surface area contributed by atoms with E-state index in [1.807, 2.05) is 0 Å². The molecule has 0 amide bonds. The molecule has 82 valence electrons. The first kappa shape index (κ1) is 11.9. The molecule has 0 saturated carbocycles. The van der Waals surface area contributed by atoms with Gasteiger partial charge >= 0.3 is 0 Å². The number of methoxy groups -OCH3 is 1. The van der Waals surface area contributed by atoms with Crippen LogP contribution in [-0.4, -0.2) is 43.2 Å². The zero-order chi connectivity index (χ0) is 10.4. The van der Waals surface area contributed by atoms with E-state index in [9.17, 15) is 0 Å². The summed E-state index contributed by atoms with van der Waals surface area (Å²) in [6.07, 6.45) is 3.37. The van der Waals surface area contributed by atoms with E-state index in [1.54, 1.807) is 7.11 Å². The SMILES string of the molecule is COCCCN1CCC(C(N)=S)CC1. The maximum absolute atomic E-state index is 5.63. The molecule has 0 unspecified atom stereocenters. The van der Waals surface area contributed by atoms with E-state index in [4.69, 9.17) is 22.7 Å². The minimum atomic E-state index is 0.476. The Balaban J connectivity index is 2.12. The minimum absolute atomic E-state index is 0.476. The zero-order valence-corrected chi connectivity index (χ0v) is 9.68. The van der Waals surface area contributed by atoms with Crippen LogP contribution in [0.4, 0.5) is 0 Å². The molecule has 0 aliphatic carbocycles. The molecule has 0 atom stereocenters. The average Bonchev–Trinajstić information content (AvgIpc) is 2.19. The lowest BCUT2D eigenvalue weighted by atomic mass is 9.97. The Morgan fingerprint density at radius 2 is 2.14 bits per heavy atom. The lowest BCUT2D eigenvalue weighted by Gasteiger charge is -2.31. The highest BCUT2D eigenvalue weighted by Crippen LogP contribution is 2.17. The normalized spacial score (nSPS) is 19.8. The first-order valence-corrected chi connectivity index (χ1v) is 5.65. The molecule has 1 saturated heterocycles. The van der Waals surface area contributed by atoms with Gasteiger partial charge in [0.25, 0.3) is 0 Å². The lowest BCUT2D eigenvalue weighted by Crippen LogP contribution is -2.38. The van der Waals surface area contributed by atoms with Gasteiger partial charge in [0.2, 0.25) is 0 Å². The molecule has 3 nitrogen and oxygen atoms in total. The van der Waals surface area contributed by atoms with Gasteiger partial charge in [-0.05, 0) is 32.4 Å². The van der Waals surface area contributed by atoms with Gasteiger partial charge in [0.1, 0.15) is 0 Å². The number of hydrogen-bond donors (Lipinski definition) is 1. The standard InChI is InChI=1S/C10H20N2OS/c1-13-8-2-5-12-6-3-9(4-7-12)10(11)14/h9H,2-8H2,1H3,(H2,11,14). The van der Waals surface area contributed by atoms with Gasteiger partial charge in [-0.15, -0.1) is 0 Å². The van der Waals surface area contributed by atoms with E-state index in [1.165, 1.54) is 0 Å². The molecule has 1 rings (SSSR count). The molecule has 0 spiro atoms. The maximum atomic E-state index is 5.63. The van der Waals surface area contributed by atoms with Crippen LogP contribution in [0.2, 0.25) is 0 Å². The fraction of sp³-hybridized carbons (Fsp3) is 0.900. The second-order valence-corrected chi connectivity index (χ2v) is 4.34. The Morgan fingerprint density at radius 3 is 2.64 bits per heavy atom. The second kappa shape index (κ2) is 6.32. The molecule has 4 heteroatoms. The van der Waals surface area contributed by atoms with Crippen LogP contribution in [-0.2, 0) is 4.74 Å².